The maximum absolute atomic E-state index is 13.0. The van der Waals surface area contributed by atoms with Crippen molar-refractivity contribution in [3.05, 3.63) is 90.6 Å². The average molecular weight is 487 g/mol. The summed E-state index contributed by atoms with van der Waals surface area (Å²) in [6, 6.07) is 13.0. The predicted molar refractivity (Wildman–Crippen MR) is 144 cm³/mol. The standard InChI is InChI=1S/C28H34N6O2/c1-18-6-8-20(3)22(14-18)16-32-10-12-33(13-11-32)27-29-25-24(26(35)30-28(36)31(25)5)34(27)17-23-15-19(2)7-9-21(23)4/h6-9,14-15H,10-13,16-17H2,1-5H3,(H,30,35,36). The fourth-order valence-corrected chi connectivity index (χ4v) is 5.07. The summed E-state index contributed by atoms with van der Waals surface area (Å²) in [5.41, 5.74) is 7.44. The number of aryl methyl sites for hydroxylation is 5. The van der Waals surface area contributed by atoms with E-state index in [9.17, 15) is 9.59 Å². The third-order valence-electron chi connectivity index (χ3n) is 7.37. The number of hydrogen-bond donors (Lipinski definition) is 1. The number of aromatic nitrogens is 4. The molecule has 3 heterocycles. The fraction of sp³-hybridized carbons (Fsp3) is 0.393. The van der Waals surface area contributed by atoms with E-state index in [0.29, 0.717) is 17.7 Å². The summed E-state index contributed by atoms with van der Waals surface area (Å²) >= 11 is 0. The molecule has 36 heavy (non-hydrogen) atoms. The van der Waals surface area contributed by atoms with Gasteiger partial charge < -0.3 is 4.90 Å². The third-order valence-corrected chi connectivity index (χ3v) is 7.37. The number of anilines is 1. The summed E-state index contributed by atoms with van der Waals surface area (Å²) in [6.45, 7) is 13.3. The molecule has 1 aliphatic rings. The summed E-state index contributed by atoms with van der Waals surface area (Å²) in [4.78, 5) is 37.3. The minimum atomic E-state index is -0.450. The molecule has 8 nitrogen and oxygen atoms in total. The van der Waals surface area contributed by atoms with Crippen molar-refractivity contribution in [2.24, 2.45) is 7.05 Å². The Labute approximate surface area is 210 Å². The minimum Gasteiger partial charge on any atom is -0.340 e. The number of aromatic amines is 1. The van der Waals surface area contributed by atoms with Crippen molar-refractivity contribution in [1.82, 2.24) is 24.0 Å². The van der Waals surface area contributed by atoms with Crippen molar-refractivity contribution in [2.45, 2.75) is 40.8 Å². The van der Waals surface area contributed by atoms with Crippen molar-refractivity contribution in [3.8, 4) is 0 Å². The van der Waals surface area contributed by atoms with Gasteiger partial charge in [0.2, 0.25) is 5.95 Å². The molecule has 4 aromatic rings. The second-order valence-corrected chi connectivity index (χ2v) is 10.1. The van der Waals surface area contributed by atoms with Crippen molar-refractivity contribution < 1.29 is 0 Å². The number of rotatable bonds is 5. The summed E-state index contributed by atoms with van der Waals surface area (Å²) < 4.78 is 3.41. The van der Waals surface area contributed by atoms with Crippen molar-refractivity contribution in [1.29, 1.82) is 0 Å². The van der Waals surface area contributed by atoms with E-state index in [1.165, 1.54) is 26.8 Å². The lowest BCUT2D eigenvalue weighted by Crippen LogP contribution is -2.47. The average Bonchev–Trinajstić information content (AvgIpc) is 3.22. The van der Waals surface area contributed by atoms with Gasteiger partial charge in [-0.05, 0) is 49.9 Å². The van der Waals surface area contributed by atoms with Gasteiger partial charge in [0, 0.05) is 39.8 Å². The molecule has 0 aliphatic carbocycles. The lowest BCUT2D eigenvalue weighted by Gasteiger charge is -2.35. The van der Waals surface area contributed by atoms with E-state index in [0.717, 1.165) is 49.8 Å². The van der Waals surface area contributed by atoms with Crippen LogP contribution < -0.4 is 16.1 Å². The first kappa shape index (κ1) is 24.1. The normalized spacial score (nSPS) is 14.6. The highest BCUT2D eigenvalue weighted by Gasteiger charge is 2.25. The maximum atomic E-state index is 13.0. The van der Waals surface area contributed by atoms with Crippen LogP contribution in [-0.4, -0.2) is 50.2 Å². The van der Waals surface area contributed by atoms with Gasteiger partial charge in [-0.15, -0.1) is 0 Å². The first-order chi connectivity index (χ1) is 17.2. The Morgan fingerprint density at radius 3 is 2.03 bits per heavy atom. The quantitative estimate of drug-likeness (QED) is 0.469. The molecular formula is C28H34N6O2. The van der Waals surface area contributed by atoms with E-state index in [4.69, 9.17) is 4.98 Å². The van der Waals surface area contributed by atoms with Crippen LogP contribution in [0.4, 0.5) is 5.95 Å². The molecule has 0 radical (unpaired) electrons. The number of imidazole rings is 1. The number of nitrogens with zero attached hydrogens (tertiary/aromatic N) is 5. The van der Waals surface area contributed by atoms with Crippen LogP contribution in [0.1, 0.15) is 33.4 Å². The van der Waals surface area contributed by atoms with Crippen LogP contribution in [-0.2, 0) is 20.1 Å². The summed E-state index contributed by atoms with van der Waals surface area (Å²) in [6.07, 6.45) is 0. The summed E-state index contributed by atoms with van der Waals surface area (Å²) in [5.74, 6) is 0.740. The SMILES string of the molecule is Cc1ccc(C)c(CN2CCN(c3nc4c(c(=O)[nH]c(=O)n4C)n3Cc3cc(C)ccc3C)CC2)c1. The first-order valence-electron chi connectivity index (χ1n) is 12.5. The Morgan fingerprint density at radius 1 is 0.833 bits per heavy atom. The summed E-state index contributed by atoms with van der Waals surface area (Å²) in [5, 5.41) is 0. The molecule has 1 fully saturated rings. The molecule has 0 atom stereocenters. The lowest BCUT2D eigenvalue weighted by molar-refractivity contribution is 0.248. The highest BCUT2D eigenvalue weighted by Crippen LogP contribution is 2.24. The van der Waals surface area contributed by atoms with Crippen LogP contribution in [0.5, 0.6) is 0 Å². The van der Waals surface area contributed by atoms with E-state index in [1.807, 2.05) is 4.57 Å². The molecule has 0 bridgehead atoms. The first-order valence-corrected chi connectivity index (χ1v) is 12.5. The van der Waals surface area contributed by atoms with Crippen LogP contribution in [0, 0.1) is 27.7 Å². The molecule has 5 rings (SSSR count). The molecule has 0 saturated carbocycles. The second kappa shape index (κ2) is 9.43. The van der Waals surface area contributed by atoms with Crippen LogP contribution in [0.15, 0.2) is 46.0 Å². The number of benzene rings is 2. The Kier molecular flexibility index (Phi) is 6.30. The molecule has 0 amide bonds. The third kappa shape index (κ3) is 4.48. The summed E-state index contributed by atoms with van der Waals surface area (Å²) in [7, 11) is 1.65. The number of piperazine rings is 1. The Hall–Kier alpha value is -3.65. The van der Waals surface area contributed by atoms with E-state index in [-0.39, 0.29) is 0 Å². The smallest absolute Gasteiger partial charge is 0.329 e. The fourth-order valence-electron chi connectivity index (χ4n) is 5.07. The van der Waals surface area contributed by atoms with Gasteiger partial charge >= 0.3 is 5.69 Å². The molecule has 1 saturated heterocycles. The molecule has 1 aliphatic heterocycles. The van der Waals surface area contributed by atoms with Gasteiger partial charge in [-0.2, -0.15) is 4.98 Å². The molecular weight excluding hydrogens is 452 g/mol. The van der Waals surface area contributed by atoms with Crippen molar-refractivity contribution in [3.63, 3.8) is 0 Å². The molecule has 1 N–H and O–H groups in total. The zero-order valence-corrected chi connectivity index (χ0v) is 21.8. The van der Waals surface area contributed by atoms with Crippen LogP contribution >= 0.6 is 0 Å². The van der Waals surface area contributed by atoms with Gasteiger partial charge in [0.25, 0.3) is 5.56 Å². The van der Waals surface area contributed by atoms with E-state index >= 15 is 0 Å². The van der Waals surface area contributed by atoms with Crippen LogP contribution in [0.2, 0.25) is 0 Å². The maximum Gasteiger partial charge on any atom is 0.329 e. The van der Waals surface area contributed by atoms with Crippen LogP contribution in [0.25, 0.3) is 11.2 Å². The predicted octanol–water partition coefficient (Wildman–Crippen LogP) is 3.03. The van der Waals surface area contributed by atoms with Gasteiger partial charge in [-0.25, -0.2) is 4.79 Å². The van der Waals surface area contributed by atoms with Gasteiger partial charge in [0.15, 0.2) is 11.2 Å². The van der Waals surface area contributed by atoms with Gasteiger partial charge in [-0.1, -0.05) is 47.5 Å². The Morgan fingerprint density at radius 2 is 1.42 bits per heavy atom. The number of hydrogen-bond acceptors (Lipinski definition) is 5. The van der Waals surface area contributed by atoms with E-state index in [2.05, 4.69) is 78.9 Å². The monoisotopic (exact) mass is 486 g/mol. The number of H-pyrrole nitrogens is 1. The van der Waals surface area contributed by atoms with E-state index < -0.39 is 11.2 Å². The van der Waals surface area contributed by atoms with E-state index in [1.54, 1.807) is 7.05 Å². The molecule has 2 aromatic carbocycles. The minimum absolute atomic E-state index is 0.397. The van der Waals surface area contributed by atoms with Crippen LogP contribution in [0.3, 0.4) is 0 Å². The highest BCUT2D eigenvalue weighted by molar-refractivity contribution is 5.74. The zero-order chi connectivity index (χ0) is 25.6. The second-order valence-electron chi connectivity index (χ2n) is 10.1. The lowest BCUT2D eigenvalue weighted by atomic mass is 10.0. The van der Waals surface area contributed by atoms with Gasteiger partial charge in [0.1, 0.15) is 0 Å². The topological polar surface area (TPSA) is 79.2 Å². The van der Waals surface area contributed by atoms with Gasteiger partial charge in [-0.3, -0.25) is 23.8 Å². The Bertz CT molecular complexity index is 1550. The molecule has 2 aromatic heterocycles. The Balaban J connectivity index is 1.48. The zero-order valence-electron chi connectivity index (χ0n) is 21.8. The largest absolute Gasteiger partial charge is 0.340 e. The highest BCUT2D eigenvalue weighted by atomic mass is 16.2. The molecule has 8 heteroatoms. The number of nitrogens with one attached hydrogen (secondary N) is 1. The van der Waals surface area contributed by atoms with Gasteiger partial charge in [0.05, 0.1) is 6.54 Å². The molecule has 0 unspecified atom stereocenters. The molecule has 0 spiro atoms. The number of fused-ring (bicyclic) bond motifs is 1. The van der Waals surface area contributed by atoms with Crippen molar-refractivity contribution in [2.75, 3.05) is 31.1 Å². The van der Waals surface area contributed by atoms with Crippen molar-refractivity contribution >= 4 is 17.1 Å². The molecule has 188 valence electrons.